The first-order valence-corrected chi connectivity index (χ1v) is 19.3. The molecular weight excluding hydrogens is 648 g/mol. The lowest BCUT2D eigenvalue weighted by molar-refractivity contribution is -0.138. The fourth-order valence-corrected chi connectivity index (χ4v) is 6.95. The molecule has 280 valence electrons. The van der Waals surface area contributed by atoms with Crippen LogP contribution in [0.5, 0.6) is 0 Å². The van der Waals surface area contributed by atoms with Crippen molar-refractivity contribution in [2.24, 2.45) is 23.3 Å². The maximum atomic E-state index is 13.2. The van der Waals surface area contributed by atoms with Crippen molar-refractivity contribution in [3.63, 3.8) is 0 Å². The third kappa shape index (κ3) is 19.1. The van der Waals surface area contributed by atoms with E-state index in [1.807, 2.05) is 13.8 Å². The number of urea groups is 1. The Labute approximate surface area is 296 Å². The van der Waals surface area contributed by atoms with Gasteiger partial charge in [-0.05, 0) is 69.6 Å². The minimum Gasteiger partial charge on any atom is -0.356 e. The Bertz CT molecular complexity index is 1070. The van der Waals surface area contributed by atoms with Crippen LogP contribution < -0.4 is 27.4 Å². The van der Waals surface area contributed by atoms with Gasteiger partial charge in [-0.15, -0.1) is 11.8 Å². The number of rotatable bonds is 29. The van der Waals surface area contributed by atoms with E-state index in [1.165, 1.54) is 16.7 Å². The summed E-state index contributed by atoms with van der Waals surface area (Å²) in [6.07, 6.45) is 9.49. The SMILES string of the molecule is CCC(=O)[C@H](CCCNC(N)=O)CC(=O)C(NC(=O)CCCCCN1C(=O)CC(SCCCCCC(=O)NCCCCCN)C1=O)C(C)C. The molecule has 1 rings (SSSR count). The number of Topliss-reactive ketones (excluding diaryl/α,β-unsaturated/α-hetero) is 2. The molecule has 0 bridgehead atoms. The number of likely N-dealkylation sites (tertiary alicyclic amines) is 1. The second-order valence-electron chi connectivity index (χ2n) is 13.2. The molecule has 1 aliphatic heterocycles. The summed E-state index contributed by atoms with van der Waals surface area (Å²) in [6.45, 7) is 7.45. The highest BCUT2D eigenvalue weighted by Crippen LogP contribution is 2.27. The summed E-state index contributed by atoms with van der Waals surface area (Å²) < 4.78 is 0. The molecule has 1 saturated heterocycles. The number of primary amides is 1. The number of thioether (sulfide) groups is 1. The maximum absolute atomic E-state index is 13.2. The Morgan fingerprint density at radius 1 is 0.837 bits per heavy atom. The van der Waals surface area contributed by atoms with E-state index in [0.717, 1.165) is 44.3 Å². The van der Waals surface area contributed by atoms with Gasteiger partial charge in [0.15, 0.2) is 5.78 Å². The molecule has 7 N–H and O–H groups in total. The monoisotopic (exact) mass is 710 g/mol. The standard InChI is InChI=1S/C35H62N6O7S/c1-4-27(42)26(15-14-20-39-35(37)48)23-28(43)33(25(2)3)40-31(45)17-8-5-12-21-41-32(46)24-29(34(41)47)49-22-13-6-9-16-30(44)38-19-11-7-10-18-36/h25-26,29,33H,4-24,36H2,1-3H3,(H,38,44)(H,40,45)(H3,37,39,48)/t26-,29?,33?/m1/s1. The van der Waals surface area contributed by atoms with Gasteiger partial charge in [0.05, 0.1) is 11.3 Å². The molecule has 0 spiro atoms. The molecule has 13 nitrogen and oxygen atoms in total. The second-order valence-corrected chi connectivity index (χ2v) is 14.5. The van der Waals surface area contributed by atoms with Gasteiger partial charge in [0, 0.05) is 57.7 Å². The van der Waals surface area contributed by atoms with E-state index < -0.39 is 18.0 Å². The van der Waals surface area contributed by atoms with Crippen LogP contribution >= 0.6 is 11.8 Å². The number of nitrogens with two attached hydrogens (primary N) is 2. The Balaban J connectivity index is 2.33. The number of carbonyl (C=O) groups excluding carboxylic acids is 7. The van der Waals surface area contributed by atoms with Crippen LogP contribution in [-0.2, 0) is 28.8 Å². The van der Waals surface area contributed by atoms with E-state index in [4.69, 9.17) is 11.5 Å². The first-order chi connectivity index (χ1) is 23.4. The molecule has 14 heteroatoms. The van der Waals surface area contributed by atoms with Crippen molar-refractivity contribution in [1.29, 1.82) is 0 Å². The molecular formula is C35H62N6O7S. The van der Waals surface area contributed by atoms with Crippen molar-refractivity contribution < 1.29 is 33.6 Å². The van der Waals surface area contributed by atoms with E-state index in [1.54, 1.807) is 6.92 Å². The molecule has 0 aromatic carbocycles. The van der Waals surface area contributed by atoms with Crippen molar-refractivity contribution in [2.75, 3.05) is 31.9 Å². The van der Waals surface area contributed by atoms with E-state index >= 15 is 0 Å². The molecule has 0 aliphatic carbocycles. The largest absolute Gasteiger partial charge is 0.356 e. The van der Waals surface area contributed by atoms with Crippen LogP contribution in [0.1, 0.15) is 124 Å². The Morgan fingerprint density at radius 2 is 1.49 bits per heavy atom. The average molecular weight is 711 g/mol. The van der Waals surface area contributed by atoms with Gasteiger partial charge >= 0.3 is 6.03 Å². The van der Waals surface area contributed by atoms with Crippen LogP contribution in [0, 0.1) is 11.8 Å². The number of unbranched alkanes of at least 4 members (excludes halogenated alkanes) is 6. The zero-order valence-electron chi connectivity index (χ0n) is 30.0. The van der Waals surface area contributed by atoms with E-state index in [-0.39, 0.29) is 65.6 Å². The van der Waals surface area contributed by atoms with Gasteiger partial charge < -0.3 is 27.4 Å². The number of imide groups is 1. The Morgan fingerprint density at radius 3 is 2.14 bits per heavy atom. The molecule has 0 aromatic heterocycles. The van der Waals surface area contributed by atoms with Crippen LogP contribution in [-0.4, -0.2) is 89.3 Å². The van der Waals surface area contributed by atoms with Gasteiger partial charge in [0.1, 0.15) is 5.78 Å². The predicted octanol–water partition coefficient (Wildman–Crippen LogP) is 3.36. The highest BCUT2D eigenvalue weighted by molar-refractivity contribution is 8.00. The van der Waals surface area contributed by atoms with Gasteiger partial charge in [0.25, 0.3) is 0 Å². The number of hydrogen-bond acceptors (Lipinski definition) is 9. The van der Waals surface area contributed by atoms with Gasteiger partial charge in [-0.1, -0.05) is 40.0 Å². The summed E-state index contributed by atoms with van der Waals surface area (Å²) in [6, 6.07) is -1.35. The molecule has 0 aromatic rings. The van der Waals surface area contributed by atoms with E-state index in [0.29, 0.717) is 71.1 Å². The smallest absolute Gasteiger partial charge is 0.312 e. The minimum absolute atomic E-state index is 0.0266. The van der Waals surface area contributed by atoms with Gasteiger partial charge in [-0.25, -0.2) is 4.79 Å². The zero-order chi connectivity index (χ0) is 36.6. The van der Waals surface area contributed by atoms with Crippen molar-refractivity contribution in [1.82, 2.24) is 20.9 Å². The highest BCUT2D eigenvalue weighted by atomic mass is 32.2. The topological polar surface area (TPSA) is 211 Å². The molecule has 1 heterocycles. The van der Waals surface area contributed by atoms with Crippen LogP contribution in [0.25, 0.3) is 0 Å². The third-order valence-corrected chi connectivity index (χ3v) is 9.96. The zero-order valence-corrected chi connectivity index (χ0v) is 30.8. The number of carbonyl (C=O) groups is 7. The van der Waals surface area contributed by atoms with Gasteiger partial charge in [0.2, 0.25) is 23.6 Å². The molecule has 1 fully saturated rings. The lowest BCUT2D eigenvalue weighted by Gasteiger charge is -2.24. The fourth-order valence-electron chi connectivity index (χ4n) is 5.76. The van der Waals surface area contributed by atoms with Crippen LogP contribution in [0.4, 0.5) is 4.79 Å². The van der Waals surface area contributed by atoms with Crippen LogP contribution in [0.2, 0.25) is 0 Å². The number of amides is 6. The van der Waals surface area contributed by atoms with Crippen molar-refractivity contribution in [2.45, 2.75) is 135 Å². The molecule has 49 heavy (non-hydrogen) atoms. The molecule has 2 unspecified atom stereocenters. The highest BCUT2D eigenvalue weighted by Gasteiger charge is 2.38. The van der Waals surface area contributed by atoms with Crippen LogP contribution in [0.15, 0.2) is 0 Å². The van der Waals surface area contributed by atoms with E-state index in [9.17, 15) is 33.6 Å². The number of ketones is 2. The normalized spacial score (nSPS) is 15.7. The summed E-state index contributed by atoms with van der Waals surface area (Å²) in [4.78, 5) is 87.9. The fraction of sp³-hybridized carbons (Fsp3) is 0.800. The predicted molar refractivity (Wildman–Crippen MR) is 192 cm³/mol. The van der Waals surface area contributed by atoms with E-state index in [2.05, 4.69) is 16.0 Å². The Hall–Kier alpha value is -3.00. The van der Waals surface area contributed by atoms with Crippen molar-refractivity contribution in [3.05, 3.63) is 0 Å². The summed E-state index contributed by atoms with van der Waals surface area (Å²) in [5, 5.41) is 7.91. The minimum atomic E-state index is -0.709. The first kappa shape index (κ1) is 44.0. The molecule has 0 saturated carbocycles. The molecule has 1 aliphatic rings. The average Bonchev–Trinajstić information content (AvgIpc) is 3.32. The van der Waals surface area contributed by atoms with Crippen molar-refractivity contribution >= 4 is 53.0 Å². The Kier molecular flexibility index (Phi) is 23.3. The number of hydrogen-bond donors (Lipinski definition) is 5. The summed E-state index contributed by atoms with van der Waals surface area (Å²) in [5.41, 5.74) is 10.6. The number of nitrogens with one attached hydrogen (secondary N) is 3. The third-order valence-electron chi connectivity index (χ3n) is 8.67. The maximum Gasteiger partial charge on any atom is 0.312 e. The molecule has 3 atom stereocenters. The second kappa shape index (κ2) is 25.9. The molecule has 6 amide bonds. The quantitative estimate of drug-likeness (QED) is 0.0568. The summed E-state index contributed by atoms with van der Waals surface area (Å²) in [5.74, 6) is -0.587. The summed E-state index contributed by atoms with van der Waals surface area (Å²) >= 11 is 1.51. The lowest BCUT2D eigenvalue weighted by Crippen LogP contribution is -2.45. The first-order valence-electron chi connectivity index (χ1n) is 18.2. The molecule has 0 radical (unpaired) electrons. The number of nitrogens with zero attached hydrogens (tertiary/aromatic N) is 1. The van der Waals surface area contributed by atoms with Crippen LogP contribution in [0.3, 0.4) is 0 Å². The van der Waals surface area contributed by atoms with Crippen molar-refractivity contribution in [3.8, 4) is 0 Å². The lowest BCUT2D eigenvalue weighted by atomic mass is 9.87. The van der Waals surface area contributed by atoms with Gasteiger partial charge in [-0.3, -0.25) is 33.7 Å². The summed E-state index contributed by atoms with van der Waals surface area (Å²) in [7, 11) is 0. The van der Waals surface area contributed by atoms with Gasteiger partial charge in [-0.2, -0.15) is 0 Å².